The smallest absolute Gasteiger partial charge is 0.188 e. The molecule has 43 heavy (non-hydrogen) atoms. The molecule has 0 aromatic rings. The van der Waals surface area contributed by atoms with Crippen molar-refractivity contribution in [3.05, 3.63) is 11.6 Å². The maximum atomic E-state index is 14.6. The van der Waals surface area contributed by atoms with Crippen molar-refractivity contribution >= 4 is 44.8 Å². The number of fused-ring (bicyclic) bond motifs is 5. The van der Waals surface area contributed by atoms with Crippen LogP contribution in [0.4, 0.5) is 0 Å². The Kier molecular flexibility index (Phi) is 9.52. The van der Waals surface area contributed by atoms with Crippen LogP contribution >= 0.6 is 0 Å². The molecule has 4 aliphatic rings. The normalized spacial score (nSPS) is 38.7. The fourth-order valence-electron chi connectivity index (χ4n) is 9.37. The van der Waals surface area contributed by atoms with Gasteiger partial charge in [0.15, 0.2) is 44.8 Å². The lowest BCUT2D eigenvalue weighted by Gasteiger charge is -2.64. The molecule has 0 N–H and O–H groups in total. The molecule has 2 unspecified atom stereocenters. The van der Waals surface area contributed by atoms with Gasteiger partial charge >= 0.3 is 0 Å². The lowest BCUT2D eigenvalue weighted by molar-refractivity contribution is -0.179. The largest absolute Gasteiger partial charge is 0.414 e. The summed E-state index contributed by atoms with van der Waals surface area (Å²) >= 11 is 0. The lowest BCUT2D eigenvalue weighted by Crippen LogP contribution is -2.66. The van der Waals surface area contributed by atoms with Crippen molar-refractivity contribution in [3.8, 4) is 0 Å². The maximum Gasteiger partial charge on any atom is 0.188 e. The van der Waals surface area contributed by atoms with E-state index in [1.54, 1.807) is 0 Å². The maximum absolute atomic E-state index is 14.6. The van der Waals surface area contributed by atoms with E-state index < -0.39 is 38.9 Å². The molecule has 246 valence electrons. The summed E-state index contributed by atoms with van der Waals surface area (Å²) in [7, 11) is -7.90. The number of carbonyl (C=O) groups is 2. The van der Waals surface area contributed by atoms with Crippen molar-refractivity contribution in [1.29, 1.82) is 0 Å². The predicted molar refractivity (Wildman–Crippen MR) is 185 cm³/mol. The van der Waals surface area contributed by atoms with Gasteiger partial charge in [-0.25, -0.2) is 0 Å². The van der Waals surface area contributed by atoms with Crippen LogP contribution in [0.25, 0.3) is 0 Å². The Morgan fingerprint density at radius 1 is 0.860 bits per heavy atom. The summed E-state index contributed by atoms with van der Waals surface area (Å²) in [6.07, 6.45) is 6.73. The van der Waals surface area contributed by atoms with Crippen molar-refractivity contribution in [2.45, 2.75) is 149 Å². The summed E-state index contributed by atoms with van der Waals surface area (Å²) in [6.45, 7) is 31.6. The van der Waals surface area contributed by atoms with Crippen molar-refractivity contribution < 1.29 is 27.3 Å². The average molecular weight is 667 g/mol. The molecule has 0 aromatic heterocycles. The van der Waals surface area contributed by atoms with E-state index in [4.69, 9.17) is 17.7 Å². The van der Waals surface area contributed by atoms with E-state index in [9.17, 15) is 9.59 Å². The van der Waals surface area contributed by atoms with Gasteiger partial charge in [0.2, 0.25) is 0 Å². The Hall–Kier alpha value is -0.212. The van der Waals surface area contributed by atoms with E-state index in [0.29, 0.717) is 18.3 Å². The van der Waals surface area contributed by atoms with Gasteiger partial charge in [-0.3, -0.25) is 9.59 Å². The van der Waals surface area contributed by atoms with Crippen LogP contribution < -0.4 is 0 Å². The molecule has 0 saturated heterocycles. The standard InChI is InChI=1S/C33H62O6Si4/c1-31-17-15-23(34)19-26(31)27(37-41(6,7)8)20-24-25-16-18-33(39-43(12,13)14,29(35)22-36-40(3,4)5)32(25,2)21-28(30(24)31)38-42(9,10)11/h19,24-25,27-28,30H,15-18,20-22H2,1-14H3/t24?,25-,27+,28?,30+,31-,32-,33-/m1/s1. The third kappa shape index (κ3) is 7.21. The highest BCUT2D eigenvalue weighted by Gasteiger charge is 2.71. The molecule has 0 spiro atoms. The number of ketones is 2. The van der Waals surface area contributed by atoms with E-state index in [0.717, 1.165) is 32.1 Å². The molecular formula is C33H62O6Si4. The fourth-order valence-corrected chi connectivity index (χ4v) is 13.6. The Morgan fingerprint density at radius 3 is 2.00 bits per heavy atom. The number of hydrogen-bond donors (Lipinski definition) is 0. The summed E-state index contributed by atoms with van der Waals surface area (Å²) in [5, 5.41) is 0. The first-order chi connectivity index (χ1) is 19.3. The van der Waals surface area contributed by atoms with Gasteiger partial charge in [0, 0.05) is 17.9 Å². The first-order valence-electron chi connectivity index (χ1n) is 16.8. The van der Waals surface area contributed by atoms with E-state index in [1.165, 1.54) is 5.57 Å². The van der Waals surface area contributed by atoms with Crippen molar-refractivity contribution in [2.75, 3.05) is 6.61 Å². The zero-order valence-corrected chi connectivity index (χ0v) is 33.9. The Labute approximate surface area is 266 Å². The predicted octanol–water partition coefficient (Wildman–Crippen LogP) is 8.19. The molecule has 0 amide bonds. The summed E-state index contributed by atoms with van der Waals surface area (Å²) < 4.78 is 27.7. The third-order valence-corrected chi connectivity index (χ3v) is 14.5. The fraction of sp³-hybridized carbons (Fsp3) is 0.879. The van der Waals surface area contributed by atoms with Crippen molar-refractivity contribution in [3.63, 3.8) is 0 Å². The van der Waals surface area contributed by atoms with Crippen LogP contribution in [-0.4, -0.2) is 69.3 Å². The molecule has 4 aliphatic carbocycles. The third-order valence-electron chi connectivity index (χ3n) is 10.6. The minimum atomic E-state index is -2.13. The number of Topliss-reactive ketones (excluding diaryl/α,β-unsaturated/α-hetero) is 1. The monoisotopic (exact) mass is 666 g/mol. The molecule has 8 atom stereocenters. The molecule has 0 aliphatic heterocycles. The Bertz CT molecular complexity index is 1130. The van der Waals surface area contributed by atoms with Gasteiger partial charge in [0.1, 0.15) is 5.60 Å². The summed E-state index contributed by atoms with van der Waals surface area (Å²) in [4.78, 5) is 27.5. The molecule has 4 rings (SSSR count). The minimum absolute atomic E-state index is 0.000713. The molecule has 0 radical (unpaired) electrons. The Morgan fingerprint density at radius 2 is 1.47 bits per heavy atom. The van der Waals surface area contributed by atoms with Crippen LogP contribution in [0.2, 0.25) is 78.6 Å². The zero-order chi connectivity index (χ0) is 32.6. The van der Waals surface area contributed by atoms with Crippen LogP contribution in [0, 0.1) is 28.6 Å². The van der Waals surface area contributed by atoms with E-state index >= 15 is 0 Å². The average Bonchev–Trinajstić information content (AvgIpc) is 3.07. The molecule has 0 bridgehead atoms. The van der Waals surface area contributed by atoms with E-state index in [2.05, 4.69) is 92.4 Å². The van der Waals surface area contributed by atoms with Crippen LogP contribution in [0.5, 0.6) is 0 Å². The second kappa shape index (κ2) is 11.5. The molecule has 3 fully saturated rings. The second-order valence-corrected chi connectivity index (χ2v) is 36.4. The summed E-state index contributed by atoms with van der Waals surface area (Å²) in [6, 6.07) is 0. The van der Waals surface area contributed by atoms with Crippen LogP contribution in [0.1, 0.15) is 52.4 Å². The quantitative estimate of drug-likeness (QED) is 0.219. The van der Waals surface area contributed by atoms with Crippen molar-refractivity contribution in [2.24, 2.45) is 28.6 Å². The first kappa shape index (κ1) is 35.6. The molecule has 6 nitrogen and oxygen atoms in total. The zero-order valence-electron chi connectivity index (χ0n) is 29.9. The van der Waals surface area contributed by atoms with Gasteiger partial charge in [0.25, 0.3) is 0 Å². The van der Waals surface area contributed by atoms with Gasteiger partial charge in [-0.05, 0) is 145 Å². The highest BCUT2D eigenvalue weighted by Crippen LogP contribution is 2.69. The summed E-state index contributed by atoms with van der Waals surface area (Å²) in [5.41, 5.74) is -0.197. The van der Waals surface area contributed by atoms with Crippen LogP contribution in [-0.2, 0) is 27.3 Å². The minimum Gasteiger partial charge on any atom is -0.414 e. The van der Waals surface area contributed by atoms with Gasteiger partial charge in [-0.2, -0.15) is 0 Å². The first-order valence-corrected chi connectivity index (χ1v) is 30.4. The molecular weight excluding hydrogens is 605 g/mol. The number of rotatable bonds is 10. The lowest BCUT2D eigenvalue weighted by atomic mass is 9.45. The van der Waals surface area contributed by atoms with Gasteiger partial charge in [0.05, 0.1) is 12.7 Å². The number of carbonyl (C=O) groups excluding carboxylic acids is 2. The number of hydrogen-bond acceptors (Lipinski definition) is 6. The molecule has 0 aromatic carbocycles. The van der Waals surface area contributed by atoms with E-state index in [1.807, 2.05) is 6.08 Å². The Balaban J connectivity index is 1.88. The highest BCUT2D eigenvalue weighted by atomic mass is 28.4. The molecule has 10 heteroatoms. The van der Waals surface area contributed by atoms with E-state index in [-0.39, 0.29) is 47.1 Å². The van der Waals surface area contributed by atoms with Crippen molar-refractivity contribution in [1.82, 2.24) is 0 Å². The molecule has 3 saturated carbocycles. The second-order valence-electron chi connectivity index (χ2n) is 18.5. The summed E-state index contributed by atoms with van der Waals surface area (Å²) in [5.74, 6) is 1.29. The highest BCUT2D eigenvalue weighted by molar-refractivity contribution is 6.71. The van der Waals surface area contributed by atoms with Gasteiger partial charge in [-0.1, -0.05) is 13.8 Å². The SMILES string of the molecule is C[C@@]12CCC(=O)C=C1[C@@H](O[Si](C)(C)C)CC1[C@H]2C(O[Si](C)(C)C)C[C@]2(C)[C@@H]1CC[C@@]2(O[Si](C)(C)C)C(=O)CO[Si](C)(C)C. The van der Waals surface area contributed by atoms with Crippen LogP contribution in [0.3, 0.4) is 0 Å². The topological polar surface area (TPSA) is 71.1 Å². The van der Waals surface area contributed by atoms with Crippen LogP contribution in [0.15, 0.2) is 11.6 Å². The van der Waals surface area contributed by atoms with Gasteiger partial charge in [-0.15, -0.1) is 0 Å². The molecule has 0 heterocycles. The van der Waals surface area contributed by atoms with Gasteiger partial charge < -0.3 is 17.7 Å².